The van der Waals surface area contributed by atoms with Crippen LogP contribution in [0.2, 0.25) is 0 Å². The van der Waals surface area contributed by atoms with Crippen LogP contribution in [0.1, 0.15) is 5.56 Å². The van der Waals surface area contributed by atoms with Crippen molar-refractivity contribution < 1.29 is 18.9 Å². The minimum Gasteiger partial charge on any atom is -0.345 e. The average Bonchev–Trinajstić information content (AvgIpc) is 2.54. The lowest BCUT2D eigenvalue weighted by molar-refractivity contribution is -0.344. The first-order valence-corrected chi connectivity index (χ1v) is 6.35. The smallest absolute Gasteiger partial charge is 0.248 e. The van der Waals surface area contributed by atoms with E-state index in [0.717, 1.165) is 11.1 Å². The van der Waals surface area contributed by atoms with Crippen molar-refractivity contribution in [1.29, 1.82) is 0 Å². The molecule has 0 radical (unpaired) electrons. The zero-order chi connectivity index (χ0) is 14.6. The first-order valence-electron chi connectivity index (χ1n) is 6.35. The van der Waals surface area contributed by atoms with E-state index in [-0.39, 0.29) is 0 Å². The Hall–Kier alpha value is -1.46. The molecule has 1 aliphatic carbocycles. The molecule has 0 spiro atoms. The number of methoxy groups -OCH3 is 4. The highest BCUT2D eigenvalue weighted by Crippen LogP contribution is 2.40. The van der Waals surface area contributed by atoms with Crippen LogP contribution in [-0.4, -0.2) is 40.0 Å². The number of ether oxygens (including phenoxy) is 4. The zero-order valence-corrected chi connectivity index (χ0v) is 12.3. The molecule has 20 heavy (non-hydrogen) atoms. The van der Waals surface area contributed by atoms with Gasteiger partial charge in [0, 0.05) is 28.4 Å². The van der Waals surface area contributed by atoms with Crippen molar-refractivity contribution in [3.05, 3.63) is 54.1 Å². The Morgan fingerprint density at radius 3 is 1.80 bits per heavy atom. The Balaban J connectivity index is 2.51. The molecule has 108 valence electrons. The van der Waals surface area contributed by atoms with Crippen molar-refractivity contribution in [1.82, 2.24) is 0 Å². The summed E-state index contributed by atoms with van der Waals surface area (Å²) in [4.78, 5) is 0. The third-order valence-corrected chi connectivity index (χ3v) is 3.63. The van der Waals surface area contributed by atoms with Crippen LogP contribution in [-0.2, 0) is 18.9 Å². The van der Waals surface area contributed by atoms with E-state index in [9.17, 15) is 0 Å². The molecular formula is C16H20O4. The molecule has 0 atom stereocenters. The third kappa shape index (κ3) is 2.21. The topological polar surface area (TPSA) is 36.9 Å². The van der Waals surface area contributed by atoms with Crippen LogP contribution in [0.3, 0.4) is 0 Å². The lowest BCUT2D eigenvalue weighted by Gasteiger charge is -2.44. The minimum absolute atomic E-state index is 0.985. The molecule has 4 heteroatoms. The van der Waals surface area contributed by atoms with Crippen molar-refractivity contribution in [2.45, 2.75) is 11.6 Å². The second-order valence-corrected chi connectivity index (χ2v) is 4.45. The lowest BCUT2D eigenvalue weighted by atomic mass is 9.91. The molecule has 0 fully saturated rings. The van der Waals surface area contributed by atoms with Crippen molar-refractivity contribution in [2.75, 3.05) is 28.4 Å². The summed E-state index contributed by atoms with van der Waals surface area (Å²) in [6.07, 6.45) is 5.62. The van der Waals surface area contributed by atoms with Crippen molar-refractivity contribution in [2.24, 2.45) is 0 Å². The Morgan fingerprint density at radius 1 is 0.750 bits per heavy atom. The maximum Gasteiger partial charge on any atom is 0.248 e. The highest BCUT2D eigenvalue weighted by atomic mass is 16.8. The van der Waals surface area contributed by atoms with Crippen LogP contribution in [0.25, 0.3) is 5.57 Å². The maximum atomic E-state index is 5.58. The highest BCUT2D eigenvalue weighted by molar-refractivity contribution is 5.76. The third-order valence-electron chi connectivity index (χ3n) is 3.63. The fourth-order valence-electron chi connectivity index (χ4n) is 2.47. The first-order chi connectivity index (χ1) is 9.67. The molecule has 0 aromatic heterocycles. The second kappa shape index (κ2) is 5.89. The van der Waals surface area contributed by atoms with Gasteiger partial charge in [0.05, 0.1) is 0 Å². The van der Waals surface area contributed by atoms with Crippen LogP contribution in [0.4, 0.5) is 0 Å². The monoisotopic (exact) mass is 276 g/mol. The summed E-state index contributed by atoms with van der Waals surface area (Å²) in [6.45, 7) is 0. The molecule has 0 saturated carbocycles. The molecule has 0 bridgehead atoms. The molecule has 1 aromatic rings. The molecule has 2 rings (SSSR count). The maximum absolute atomic E-state index is 5.58. The second-order valence-electron chi connectivity index (χ2n) is 4.45. The Kier molecular flexibility index (Phi) is 4.40. The van der Waals surface area contributed by atoms with Crippen LogP contribution in [0.5, 0.6) is 0 Å². The Morgan fingerprint density at radius 2 is 1.30 bits per heavy atom. The average molecular weight is 276 g/mol. The number of hydrogen-bond acceptors (Lipinski definition) is 4. The van der Waals surface area contributed by atoms with E-state index < -0.39 is 11.6 Å². The first kappa shape index (κ1) is 14.9. The van der Waals surface area contributed by atoms with E-state index in [1.807, 2.05) is 48.6 Å². The molecule has 0 amide bonds. The van der Waals surface area contributed by atoms with Gasteiger partial charge in [-0.2, -0.15) is 0 Å². The minimum atomic E-state index is -1.14. The summed E-state index contributed by atoms with van der Waals surface area (Å²) >= 11 is 0. The van der Waals surface area contributed by atoms with Gasteiger partial charge >= 0.3 is 0 Å². The Labute approximate surface area is 119 Å². The Bertz CT molecular complexity index is 496. The predicted octanol–water partition coefficient (Wildman–Crippen LogP) is 2.62. The predicted molar refractivity (Wildman–Crippen MR) is 77.1 cm³/mol. The van der Waals surface area contributed by atoms with Crippen LogP contribution < -0.4 is 0 Å². The molecule has 0 heterocycles. The van der Waals surface area contributed by atoms with Gasteiger partial charge in [-0.05, 0) is 23.3 Å². The number of rotatable bonds is 5. The fraction of sp³-hybridized carbons (Fsp3) is 0.375. The van der Waals surface area contributed by atoms with Crippen molar-refractivity contribution in [3.63, 3.8) is 0 Å². The molecule has 0 aliphatic heterocycles. The molecular weight excluding hydrogens is 256 g/mol. The van der Waals surface area contributed by atoms with Crippen molar-refractivity contribution >= 4 is 5.57 Å². The largest absolute Gasteiger partial charge is 0.345 e. The molecule has 1 aromatic carbocycles. The zero-order valence-electron chi connectivity index (χ0n) is 12.3. The van der Waals surface area contributed by atoms with E-state index >= 15 is 0 Å². The SMILES string of the molecule is COC1(OC)C=CC(c2ccccc2)=CC1(OC)OC. The van der Waals surface area contributed by atoms with E-state index in [4.69, 9.17) is 18.9 Å². The van der Waals surface area contributed by atoms with Gasteiger partial charge in [-0.1, -0.05) is 36.4 Å². The van der Waals surface area contributed by atoms with Gasteiger partial charge in [0.1, 0.15) is 0 Å². The van der Waals surface area contributed by atoms with Gasteiger partial charge in [-0.25, -0.2) is 0 Å². The van der Waals surface area contributed by atoms with Gasteiger partial charge in [-0.15, -0.1) is 0 Å². The summed E-state index contributed by atoms with van der Waals surface area (Å²) in [7, 11) is 6.24. The van der Waals surface area contributed by atoms with Gasteiger partial charge in [-0.3, -0.25) is 0 Å². The van der Waals surface area contributed by atoms with E-state index in [1.54, 1.807) is 28.4 Å². The van der Waals surface area contributed by atoms with Crippen LogP contribution in [0.15, 0.2) is 48.6 Å². The molecule has 0 unspecified atom stereocenters. The van der Waals surface area contributed by atoms with Crippen LogP contribution in [0, 0.1) is 0 Å². The van der Waals surface area contributed by atoms with Gasteiger partial charge < -0.3 is 18.9 Å². The molecule has 1 aliphatic rings. The van der Waals surface area contributed by atoms with Gasteiger partial charge in [0.25, 0.3) is 0 Å². The van der Waals surface area contributed by atoms with E-state index in [0.29, 0.717) is 0 Å². The van der Waals surface area contributed by atoms with Crippen LogP contribution >= 0.6 is 0 Å². The normalized spacial score (nSPS) is 19.7. The van der Waals surface area contributed by atoms with E-state index in [1.165, 1.54) is 0 Å². The number of benzene rings is 1. The molecule has 0 N–H and O–H groups in total. The van der Waals surface area contributed by atoms with Gasteiger partial charge in [0.15, 0.2) is 0 Å². The standard InChI is InChI=1S/C16H20O4/c1-17-15(18-2)11-10-14(12-16(15,19-3)20-4)13-8-6-5-7-9-13/h5-12H,1-4H3. The quantitative estimate of drug-likeness (QED) is 0.775. The highest BCUT2D eigenvalue weighted by Gasteiger charge is 2.53. The number of hydrogen-bond donors (Lipinski definition) is 0. The summed E-state index contributed by atoms with van der Waals surface area (Å²) in [5.41, 5.74) is 2.06. The fourth-order valence-corrected chi connectivity index (χ4v) is 2.47. The van der Waals surface area contributed by atoms with E-state index in [2.05, 4.69) is 0 Å². The summed E-state index contributed by atoms with van der Waals surface area (Å²) in [5.74, 6) is -2.26. The number of allylic oxidation sites excluding steroid dienone is 2. The summed E-state index contributed by atoms with van der Waals surface area (Å²) in [5, 5.41) is 0. The van der Waals surface area contributed by atoms with Crippen molar-refractivity contribution in [3.8, 4) is 0 Å². The van der Waals surface area contributed by atoms with Gasteiger partial charge in [0.2, 0.25) is 11.6 Å². The summed E-state index contributed by atoms with van der Waals surface area (Å²) in [6, 6.07) is 10.0. The summed E-state index contributed by atoms with van der Waals surface area (Å²) < 4.78 is 22.2. The lowest BCUT2D eigenvalue weighted by Crippen LogP contribution is -2.58. The molecule has 4 nitrogen and oxygen atoms in total. The molecule has 0 saturated heterocycles.